The van der Waals surface area contributed by atoms with Gasteiger partial charge in [0.2, 0.25) is 0 Å². The van der Waals surface area contributed by atoms with E-state index in [0.717, 1.165) is 52.1 Å². The number of benzene rings is 14. The Kier molecular flexibility index (Phi) is 13.3. The molecular weight excluding hydrogens is 1310 g/mol. The number of aromatic nitrogens is 2. The van der Waals surface area contributed by atoms with E-state index in [1.807, 2.05) is 0 Å². The van der Waals surface area contributed by atoms with Gasteiger partial charge in [-0.15, -0.1) is 0 Å². The summed E-state index contributed by atoms with van der Waals surface area (Å²) in [5.74, 6) is 6.22. The zero-order chi connectivity index (χ0) is 70.5. The SMILES string of the molecule is c1ccc(-c2ccc(N(c3ccc4c5ccccc5n(-c5cccc(-c6ccc(-c7ccc(N(c8ccc9c(c8)c8ccccc8n9-c8ccccc8)c8cccc9c8-c8ccccc8C98C9CC%10CC(C9)CC8C%10)cc7)cc6)c5)c4c3)c3cccc4c3-c3ccccc3C43C4CC5CC(C4)CC3C5)cc2)cc1. The zero-order valence-corrected chi connectivity index (χ0v) is 60.7. The second-order valence-corrected chi connectivity index (χ2v) is 33.5. The Morgan fingerprint density at radius 1 is 0.231 bits per heavy atom. The first-order valence-electron chi connectivity index (χ1n) is 40.1. The van der Waals surface area contributed by atoms with Crippen LogP contribution in [-0.4, -0.2) is 9.13 Å². The van der Waals surface area contributed by atoms with Crippen molar-refractivity contribution in [3.63, 3.8) is 0 Å². The Labute approximate surface area is 631 Å². The van der Waals surface area contributed by atoms with Crippen LogP contribution in [0.2, 0.25) is 0 Å². The number of hydrogen-bond acceptors (Lipinski definition) is 2. The third-order valence-electron chi connectivity index (χ3n) is 28.5. The van der Waals surface area contributed by atoms with Crippen molar-refractivity contribution >= 4 is 77.7 Å². The summed E-state index contributed by atoms with van der Waals surface area (Å²) in [6.07, 6.45) is 13.7. The Morgan fingerprint density at radius 2 is 0.593 bits per heavy atom. The van der Waals surface area contributed by atoms with Crippen molar-refractivity contribution in [1.29, 1.82) is 0 Å². The van der Waals surface area contributed by atoms with E-state index in [-0.39, 0.29) is 10.8 Å². The maximum atomic E-state index is 2.60. The van der Waals surface area contributed by atoms with E-state index in [2.05, 4.69) is 347 Å². The summed E-state index contributed by atoms with van der Waals surface area (Å²) in [6, 6.07) is 126. The van der Waals surface area contributed by atoms with Gasteiger partial charge < -0.3 is 18.9 Å². The highest BCUT2D eigenvalue weighted by atomic mass is 15.2. The van der Waals surface area contributed by atoms with Crippen LogP contribution < -0.4 is 9.80 Å². The molecule has 8 bridgehead atoms. The van der Waals surface area contributed by atoms with Crippen LogP contribution in [0.25, 0.3) is 111 Å². The first-order valence-corrected chi connectivity index (χ1v) is 40.1. The largest absolute Gasteiger partial charge is 0.310 e. The van der Waals surface area contributed by atoms with Crippen LogP contribution in [0.1, 0.15) is 86.5 Å². The van der Waals surface area contributed by atoms with Crippen molar-refractivity contribution < 1.29 is 0 Å². The Bertz CT molecular complexity index is 6280. The topological polar surface area (TPSA) is 16.3 Å². The highest BCUT2D eigenvalue weighted by molar-refractivity contribution is 6.13. The molecule has 2 heterocycles. The van der Waals surface area contributed by atoms with Crippen molar-refractivity contribution in [1.82, 2.24) is 9.13 Å². The summed E-state index contributed by atoms with van der Waals surface area (Å²) >= 11 is 0. The highest BCUT2D eigenvalue weighted by Gasteiger charge is 2.63. The fourth-order valence-corrected chi connectivity index (χ4v) is 24.8. The van der Waals surface area contributed by atoms with Gasteiger partial charge >= 0.3 is 0 Å². The molecule has 0 amide bonds. The van der Waals surface area contributed by atoms with Crippen molar-refractivity contribution in [3.8, 4) is 67.0 Å². The van der Waals surface area contributed by atoms with Crippen LogP contribution >= 0.6 is 0 Å². The molecule has 14 aromatic carbocycles. The number of hydrogen-bond donors (Lipinski definition) is 0. The van der Waals surface area contributed by atoms with Gasteiger partial charge in [0.1, 0.15) is 0 Å². The molecule has 10 aliphatic rings. The van der Waals surface area contributed by atoms with E-state index in [1.54, 1.807) is 22.3 Å². The Morgan fingerprint density at radius 3 is 1.13 bits per heavy atom. The molecule has 0 N–H and O–H groups in total. The molecule has 2 aromatic heterocycles. The third kappa shape index (κ3) is 8.74. The van der Waals surface area contributed by atoms with Gasteiger partial charge in [-0.05, 0) is 281 Å². The summed E-state index contributed by atoms with van der Waals surface area (Å²) in [5, 5.41) is 4.99. The number of nitrogens with zero attached hydrogens (tertiary/aromatic N) is 4. The number of rotatable bonds is 11. The first-order chi connectivity index (χ1) is 53.5. The number of para-hydroxylation sites is 3. The van der Waals surface area contributed by atoms with Crippen LogP contribution in [0.4, 0.5) is 34.1 Å². The predicted molar refractivity (Wildman–Crippen MR) is 447 cm³/mol. The maximum Gasteiger partial charge on any atom is 0.0561 e. The van der Waals surface area contributed by atoms with Crippen molar-refractivity contribution in [2.24, 2.45) is 47.3 Å². The fraction of sp³-hybridized carbons (Fsp3) is 0.192. The lowest BCUT2D eigenvalue weighted by Crippen LogP contribution is -2.55. The molecule has 0 atom stereocenters. The average Bonchev–Trinajstić information content (AvgIpc) is 1.50. The van der Waals surface area contributed by atoms with E-state index >= 15 is 0 Å². The molecule has 4 nitrogen and oxygen atoms in total. The quantitative estimate of drug-likeness (QED) is 0.128. The smallest absolute Gasteiger partial charge is 0.0561 e. The molecule has 108 heavy (non-hydrogen) atoms. The van der Waals surface area contributed by atoms with Gasteiger partial charge in [-0.2, -0.15) is 0 Å². The van der Waals surface area contributed by atoms with Crippen LogP contribution in [0, 0.1) is 47.3 Å². The van der Waals surface area contributed by atoms with E-state index < -0.39 is 0 Å². The lowest BCUT2D eigenvalue weighted by atomic mass is 9.43. The molecule has 8 saturated carbocycles. The molecule has 8 fully saturated rings. The molecule has 0 unspecified atom stereocenters. The number of anilines is 6. The minimum atomic E-state index is 0.0516. The van der Waals surface area contributed by atoms with Gasteiger partial charge in [0.15, 0.2) is 0 Å². The van der Waals surface area contributed by atoms with Crippen molar-refractivity contribution in [2.45, 2.75) is 75.0 Å². The molecule has 0 radical (unpaired) electrons. The van der Waals surface area contributed by atoms with Gasteiger partial charge in [-0.1, -0.05) is 224 Å². The molecule has 2 spiro atoms. The molecule has 16 aromatic rings. The van der Waals surface area contributed by atoms with Gasteiger partial charge in [0.25, 0.3) is 0 Å². The molecule has 518 valence electrons. The van der Waals surface area contributed by atoms with Gasteiger partial charge in [-0.25, -0.2) is 0 Å². The number of fused-ring (bicyclic) bond motifs is 12. The minimum Gasteiger partial charge on any atom is -0.310 e. The van der Waals surface area contributed by atoms with Crippen LogP contribution in [0.5, 0.6) is 0 Å². The fourth-order valence-electron chi connectivity index (χ4n) is 24.8. The summed E-state index contributed by atoms with van der Waals surface area (Å²) < 4.78 is 4.96. The maximum absolute atomic E-state index is 2.60. The monoisotopic (exact) mass is 1390 g/mol. The summed E-state index contributed by atoms with van der Waals surface area (Å²) in [4.78, 5) is 5.20. The molecule has 0 aliphatic heterocycles. The lowest BCUT2D eigenvalue weighted by molar-refractivity contribution is -0.0399. The van der Waals surface area contributed by atoms with Crippen LogP contribution in [0.3, 0.4) is 0 Å². The van der Waals surface area contributed by atoms with Gasteiger partial charge in [0, 0.05) is 77.6 Å². The normalized spacial score (nSPS) is 23.4. The van der Waals surface area contributed by atoms with Gasteiger partial charge in [-0.3, -0.25) is 0 Å². The second-order valence-electron chi connectivity index (χ2n) is 33.5. The highest BCUT2D eigenvalue weighted by Crippen LogP contribution is 2.73. The third-order valence-corrected chi connectivity index (χ3v) is 28.5. The molecule has 26 rings (SSSR count). The Hall–Kier alpha value is -11.7. The van der Waals surface area contributed by atoms with Crippen LogP contribution in [0.15, 0.2) is 328 Å². The van der Waals surface area contributed by atoms with Crippen LogP contribution in [-0.2, 0) is 10.8 Å². The minimum absolute atomic E-state index is 0.0516. The van der Waals surface area contributed by atoms with Crippen molar-refractivity contribution in [2.75, 3.05) is 9.80 Å². The summed E-state index contributed by atoms with van der Waals surface area (Å²) in [5.41, 5.74) is 33.5. The standard InChI is InChI=1S/C104H82N4/c1-3-18-69(19-4-1)71-40-44-81(45-41-71)106(99-35-17-31-94-102(99)89-27-8-12-29-92(89)104(94)77-58-67-53-68(60-77)61-78(104)59-67)84-48-50-87-85-24-9-13-32-95(85)108(100(87)64-84)82-23-15-20-74(62-82)73-38-36-70(37-39-73)72-42-46-80(47-43-72)105(83-49-51-97-90(63-83)86-25-10-14-33-96(86)107(97)79-21-5-2-6-22-79)98-34-16-30-93-101(98)88-26-7-11-28-91(88)103(93)75-54-65-52-66(56-75)57-76(103)55-65/h1-51,62-68,75-78H,52-61H2. The Balaban J connectivity index is 0.603. The summed E-state index contributed by atoms with van der Waals surface area (Å²) in [6.45, 7) is 0. The van der Waals surface area contributed by atoms with E-state index in [1.165, 1.54) is 181 Å². The van der Waals surface area contributed by atoms with E-state index in [9.17, 15) is 0 Å². The first kappa shape index (κ1) is 61.4. The second kappa shape index (κ2) is 23.4. The zero-order valence-electron chi connectivity index (χ0n) is 60.7. The molecule has 4 heteroatoms. The lowest BCUT2D eigenvalue weighted by Gasteiger charge is -2.61. The average molecular weight is 1390 g/mol. The summed E-state index contributed by atoms with van der Waals surface area (Å²) in [7, 11) is 0. The molecule has 10 aliphatic carbocycles. The van der Waals surface area contributed by atoms with Crippen molar-refractivity contribution in [3.05, 3.63) is 350 Å². The van der Waals surface area contributed by atoms with E-state index in [4.69, 9.17) is 0 Å². The van der Waals surface area contributed by atoms with Gasteiger partial charge in [0.05, 0.1) is 33.4 Å². The molecule has 0 saturated heterocycles. The van der Waals surface area contributed by atoms with E-state index in [0.29, 0.717) is 23.7 Å². The predicted octanol–water partition coefficient (Wildman–Crippen LogP) is 27.3. The molecular formula is C104H82N4.